The highest BCUT2D eigenvalue weighted by atomic mass is 15.0. The van der Waals surface area contributed by atoms with Crippen LogP contribution >= 0.6 is 0 Å². The topological polar surface area (TPSA) is 81.4 Å². The summed E-state index contributed by atoms with van der Waals surface area (Å²) in [7, 11) is 0. The minimum atomic E-state index is 0.0500. The SMILES string of the molecule is CC(C)(C)c1cccc(-c2cc(-c3cnc(C4CCCN4)[nH]3)ccc2C#CC#Cc2cnc(C3CCCN3)[nH]2)c1. The monoisotopic (exact) mass is 528 g/mol. The number of hydrogen-bond acceptors (Lipinski definition) is 4. The largest absolute Gasteiger partial charge is 0.341 e. The number of nitrogens with one attached hydrogen (secondary N) is 4. The smallest absolute Gasteiger partial charge is 0.124 e. The van der Waals surface area contributed by atoms with Crippen LogP contribution in [0.5, 0.6) is 0 Å². The molecule has 2 aromatic heterocycles. The fraction of sp³-hybridized carbons (Fsp3) is 0.353. The molecule has 4 heterocycles. The van der Waals surface area contributed by atoms with Crippen molar-refractivity contribution in [1.29, 1.82) is 0 Å². The number of aromatic nitrogens is 4. The van der Waals surface area contributed by atoms with Crippen molar-refractivity contribution in [3.63, 3.8) is 0 Å². The third-order valence-corrected chi connectivity index (χ3v) is 7.80. The highest BCUT2D eigenvalue weighted by Gasteiger charge is 2.20. The number of imidazole rings is 2. The van der Waals surface area contributed by atoms with E-state index in [4.69, 9.17) is 0 Å². The van der Waals surface area contributed by atoms with Crippen molar-refractivity contribution in [3.05, 3.63) is 83.3 Å². The van der Waals surface area contributed by atoms with Gasteiger partial charge in [-0.3, -0.25) is 0 Å². The summed E-state index contributed by atoms with van der Waals surface area (Å²) in [5.41, 5.74) is 7.42. The molecule has 6 nitrogen and oxygen atoms in total. The Morgan fingerprint density at radius 2 is 1.50 bits per heavy atom. The Morgan fingerprint density at radius 3 is 2.23 bits per heavy atom. The lowest BCUT2D eigenvalue weighted by molar-refractivity contribution is 0.590. The zero-order valence-corrected chi connectivity index (χ0v) is 23.5. The molecule has 2 fully saturated rings. The van der Waals surface area contributed by atoms with Crippen molar-refractivity contribution in [1.82, 2.24) is 30.6 Å². The van der Waals surface area contributed by atoms with E-state index in [9.17, 15) is 0 Å². The Balaban J connectivity index is 1.32. The van der Waals surface area contributed by atoms with Gasteiger partial charge < -0.3 is 20.6 Å². The molecule has 0 saturated carbocycles. The van der Waals surface area contributed by atoms with Crippen LogP contribution < -0.4 is 10.6 Å². The Hall–Kier alpha value is -4.10. The van der Waals surface area contributed by atoms with Gasteiger partial charge in [-0.25, -0.2) is 9.97 Å². The van der Waals surface area contributed by atoms with Gasteiger partial charge in [0, 0.05) is 11.1 Å². The van der Waals surface area contributed by atoms with Gasteiger partial charge in [-0.1, -0.05) is 57.0 Å². The molecule has 0 radical (unpaired) electrons. The van der Waals surface area contributed by atoms with Crippen LogP contribution in [0.25, 0.3) is 22.4 Å². The molecule has 0 spiro atoms. The lowest BCUT2D eigenvalue weighted by atomic mass is 9.85. The summed E-state index contributed by atoms with van der Waals surface area (Å²) < 4.78 is 0. The van der Waals surface area contributed by atoms with Gasteiger partial charge in [0.15, 0.2) is 0 Å². The van der Waals surface area contributed by atoms with Gasteiger partial charge in [-0.05, 0) is 90.8 Å². The maximum absolute atomic E-state index is 4.69. The van der Waals surface area contributed by atoms with Crippen LogP contribution in [0.4, 0.5) is 0 Å². The van der Waals surface area contributed by atoms with Crippen molar-refractivity contribution in [2.45, 2.75) is 64.0 Å². The van der Waals surface area contributed by atoms with Gasteiger partial charge in [-0.2, -0.15) is 0 Å². The van der Waals surface area contributed by atoms with Gasteiger partial charge in [0.25, 0.3) is 0 Å². The molecule has 0 amide bonds. The van der Waals surface area contributed by atoms with E-state index in [2.05, 4.69) is 117 Å². The molecule has 6 heteroatoms. The second kappa shape index (κ2) is 11.2. The van der Waals surface area contributed by atoms with E-state index in [1.54, 1.807) is 6.20 Å². The molecule has 2 aromatic carbocycles. The molecule has 6 rings (SSSR count). The lowest BCUT2D eigenvalue weighted by Gasteiger charge is -2.20. The average molecular weight is 529 g/mol. The molecule has 2 unspecified atom stereocenters. The molecule has 40 heavy (non-hydrogen) atoms. The van der Waals surface area contributed by atoms with E-state index < -0.39 is 0 Å². The first-order valence-electron chi connectivity index (χ1n) is 14.3. The number of rotatable bonds is 4. The van der Waals surface area contributed by atoms with Crippen molar-refractivity contribution < 1.29 is 0 Å². The normalized spacial score (nSPS) is 18.7. The van der Waals surface area contributed by atoms with E-state index in [1.807, 2.05) is 6.20 Å². The van der Waals surface area contributed by atoms with Crippen LogP contribution in [-0.4, -0.2) is 33.0 Å². The van der Waals surface area contributed by atoms with Crippen LogP contribution in [0.15, 0.2) is 54.9 Å². The first-order chi connectivity index (χ1) is 19.4. The lowest BCUT2D eigenvalue weighted by Crippen LogP contribution is -2.14. The summed E-state index contributed by atoms with van der Waals surface area (Å²) in [5, 5.41) is 6.99. The van der Waals surface area contributed by atoms with E-state index in [-0.39, 0.29) is 5.41 Å². The van der Waals surface area contributed by atoms with Crippen LogP contribution in [0.3, 0.4) is 0 Å². The van der Waals surface area contributed by atoms with Crippen molar-refractivity contribution in [3.8, 4) is 46.1 Å². The van der Waals surface area contributed by atoms with Crippen LogP contribution in [0.1, 0.15) is 87.0 Å². The molecule has 2 saturated heterocycles. The Bertz CT molecular complexity index is 1620. The van der Waals surface area contributed by atoms with Gasteiger partial charge in [-0.15, -0.1) is 0 Å². The second-order valence-corrected chi connectivity index (χ2v) is 11.8. The first-order valence-corrected chi connectivity index (χ1v) is 14.3. The maximum Gasteiger partial charge on any atom is 0.124 e. The van der Waals surface area contributed by atoms with Crippen LogP contribution in [0.2, 0.25) is 0 Å². The summed E-state index contributed by atoms with van der Waals surface area (Å²) in [6, 6.07) is 15.8. The maximum atomic E-state index is 4.69. The highest BCUT2D eigenvalue weighted by Crippen LogP contribution is 2.33. The van der Waals surface area contributed by atoms with Crippen LogP contribution in [-0.2, 0) is 5.41 Å². The average Bonchev–Trinajstić information content (AvgIpc) is 3.77. The fourth-order valence-corrected chi connectivity index (χ4v) is 5.48. The minimum Gasteiger partial charge on any atom is -0.341 e. The van der Waals surface area contributed by atoms with Crippen LogP contribution in [0, 0.1) is 23.7 Å². The molecule has 0 bridgehead atoms. The molecule has 2 atom stereocenters. The Kier molecular flexibility index (Phi) is 7.30. The van der Waals surface area contributed by atoms with E-state index in [0.29, 0.717) is 12.1 Å². The molecule has 2 aliphatic heterocycles. The van der Waals surface area contributed by atoms with E-state index in [1.165, 1.54) is 18.4 Å². The van der Waals surface area contributed by atoms with Crippen molar-refractivity contribution >= 4 is 0 Å². The third-order valence-electron chi connectivity index (χ3n) is 7.80. The third kappa shape index (κ3) is 5.75. The number of nitrogens with zero attached hydrogens (tertiary/aromatic N) is 2. The zero-order valence-electron chi connectivity index (χ0n) is 23.5. The predicted octanol–water partition coefficient (Wildman–Crippen LogP) is 6.02. The van der Waals surface area contributed by atoms with Crippen molar-refractivity contribution in [2.75, 3.05) is 13.1 Å². The molecule has 4 aromatic rings. The highest BCUT2D eigenvalue weighted by molar-refractivity contribution is 5.77. The standard InChI is InChI=1S/C34H36N6/c1-34(2,3)26-11-6-10-24(19-26)28-20-25(31-22-38-33(40-31)30-14-8-18-36-30)16-15-23(28)9-4-5-12-27-21-37-32(39-27)29-13-7-17-35-29/h6,10-11,15-16,19-22,29-30,35-36H,7-8,13-14,17-18H2,1-3H3,(H,37,39)(H,38,40). The quantitative estimate of drug-likeness (QED) is 0.244. The van der Waals surface area contributed by atoms with E-state index >= 15 is 0 Å². The zero-order chi connectivity index (χ0) is 27.5. The molecule has 202 valence electrons. The van der Waals surface area contributed by atoms with Gasteiger partial charge in [0.1, 0.15) is 17.3 Å². The number of H-pyrrole nitrogens is 2. The Labute approximate surface area is 236 Å². The molecular formula is C34H36N6. The minimum absolute atomic E-state index is 0.0500. The summed E-state index contributed by atoms with van der Waals surface area (Å²) >= 11 is 0. The fourth-order valence-electron chi connectivity index (χ4n) is 5.48. The predicted molar refractivity (Wildman–Crippen MR) is 160 cm³/mol. The van der Waals surface area contributed by atoms with Gasteiger partial charge >= 0.3 is 0 Å². The molecule has 0 aliphatic carbocycles. The summed E-state index contributed by atoms with van der Waals surface area (Å²) in [6.45, 7) is 8.81. The summed E-state index contributed by atoms with van der Waals surface area (Å²) in [4.78, 5) is 16.1. The molecule has 2 aliphatic rings. The second-order valence-electron chi connectivity index (χ2n) is 11.8. The molecular weight excluding hydrogens is 492 g/mol. The summed E-state index contributed by atoms with van der Waals surface area (Å²) in [6.07, 6.45) is 8.32. The number of aromatic amines is 2. The van der Waals surface area contributed by atoms with Gasteiger partial charge in [0.05, 0.1) is 30.2 Å². The number of hydrogen-bond donors (Lipinski definition) is 4. The Morgan fingerprint density at radius 1 is 0.775 bits per heavy atom. The number of benzene rings is 2. The first kappa shape index (κ1) is 26.1. The molecule has 4 N–H and O–H groups in total. The van der Waals surface area contributed by atoms with E-state index in [0.717, 1.165) is 71.2 Å². The van der Waals surface area contributed by atoms with Crippen molar-refractivity contribution in [2.24, 2.45) is 0 Å². The van der Waals surface area contributed by atoms with Gasteiger partial charge in [0.2, 0.25) is 0 Å². The summed E-state index contributed by atoms with van der Waals surface area (Å²) in [5.74, 6) is 14.5.